The Balaban J connectivity index is 2.33. The third-order valence-electron chi connectivity index (χ3n) is 1.30. The van der Waals surface area contributed by atoms with Crippen LogP contribution in [0, 0.1) is 0 Å². The van der Waals surface area contributed by atoms with Crippen molar-refractivity contribution in [3.8, 4) is 0 Å². The number of allylic oxidation sites excluding steroid dienone is 4. The molecule has 0 atom stereocenters. The van der Waals surface area contributed by atoms with Crippen LogP contribution < -0.4 is 0 Å². The lowest BCUT2D eigenvalue weighted by atomic mass is 10.3. The predicted octanol–water partition coefficient (Wildman–Crippen LogP) is 2.13. The molecular weight excluding hydrogens is 148 g/mol. The quantitative estimate of drug-likeness (QED) is 0.500. The fourth-order valence-corrected chi connectivity index (χ4v) is 2.26. The molecule has 0 bridgehead atoms. The maximum absolute atomic E-state index is 5.33. The van der Waals surface area contributed by atoms with Gasteiger partial charge in [-0.3, -0.25) is 0 Å². The van der Waals surface area contributed by atoms with Crippen LogP contribution in [0.2, 0.25) is 0 Å². The topological polar surface area (TPSA) is 18.5 Å². The van der Waals surface area contributed by atoms with Crippen LogP contribution in [-0.4, -0.2) is 4.86 Å². The van der Waals surface area contributed by atoms with Gasteiger partial charge in [-0.2, -0.15) is 0 Å². The zero-order valence-electron chi connectivity index (χ0n) is 5.88. The molecule has 0 aromatic heterocycles. The largest absolute Gasteiger partial charge is 0.404 e. The van der Waals surface area contributed by atoms with E-state index in [1.165, 1.54) is 0 Å². The zero-order valence-corrected chi connectivity index (χ0v) is 6.70. The summed E-state index contributed by atoms with van der Waals surface area (Å²) >= 11 is -0.397. The van der Waals surface area contributed by atoms with Gasteiger partial charge in [0.1, 0.15) is 11.5 Å². The molecule has 2 aliphatic heterocycles. The van der Waals surface area contributed by atoms with Gasteiger partial charge in [0.05, 0.1) is 4.86 Å². The van der Waals surface area contributed by atoms with Crippen molar-refractivity contribution in [1.82, 2.24) is 0 Å². The average Bonchev–Trinajstić information content (AvgIpc) is 2.21. The summed E-state index contributed by atoms with van der Waals surface area (Å²) in [5.41, 5.74) is 0. The first kappa shape index (κ1) is 6.04. The van der Waals surface area contributed by atoms with E-state index < -0.39 is 11.0 Å². The Morgan fingerprint density at radius 1 is 1.10 bits per heavy atom. The molecule has 0 spiro atoms. The van der Waals surface area contributed by atoms with Gasteiger partial charge < -0.3 is 8.37 Å². The van der Waals surface area contributed by atoms with Crippen LogP contribution in [0.1, 0.15) is 13.8 Å². The van der Waals surface area contributed by atoms with Crippen LogP contribution in [0.3, 0.4) is 0 Å². The first-order valence-corrected chi connectivity index (χ1v) is 4.18. The average molecular weight is 156 g/mol. The maximum atomic E-state index is 5.33. The van der Waals surface area contributed by atoms with E-state index in [2.05, 4.69) is 0 Å². The molecule has 0 aromatic rings. The van der Waals surface area contributed by atoms with Crippen molar-refractivity contribution in [1.29, 1.82) is 0 Å². The molecule has 10 heavy (non-hydrogen) atoms. The lowest BCUT2D eigenvalue weighted by Crippen LogP contribution is -1.78. The first-order valence-electron chi connectivity index (χ1n) is 3.10. The highest BCUT2D eigenvalue weighted by molar-refractivity contribution is 8.08. The molecule has 2 rings (SSSR count). The van der Waals surface area contributed by atoms with Crippen LogP contribution in [0.4, 0.5) is 0 Å². The first-order chi connectivity index (χ1) is 4.75. The lowest BCUT2D eigenvalue weighted by Gasteiger charge is -2.03. The lowest BCUT2D eigenvalue weighted by molar-refractivity contribution is 0.404. The van der Waals surface area contributed by atoms with E-state index in [1.807, 2.05) is 26.0 Å². The third kappa shape index (κ3) is 0.778. The van der Waals surface area contributed by atoms with E-state index in [1.54, 1.807) is 0 Å². The third-order valence-corrected chi connectivity index (χ3v) is 2.75. The molecule has 2 heterocycles. The Kier molecular flexibility index (Phi) is 1.14. The highest BCUT2D eigenvalue weighted by atomic mass is 32.2. The van der Waals surface area contributed by atoms with Crippen molar-refractivity contribution >= 4 is 15.9 Å². The Labute approximate surface area is 62.5 Å². The van der Waals surface area contributed by atoms with E-state index in [0.29, 0.717) is 0 Å². The van der Waals surface area contributed by atoms with Crippen molar-refractivity contribution in [2.75, 3.05) is 0 Å². The Morgan fingerprint density at radius 2 is 1.60 bits per heavy atom. The van der Waals surface area contributed by atoms with E-state index in [-0.39, 0.29) is 0 Å². The molecule has 0 radical (unpaired) electrons. The SMILES string of the molecule is CC1=CC2=S(O1)OC(C)=C2. The molecule has 3 heteroatoms. The van der Waals surface area contributed by atoms with E-state index >= 15 is 0 Å². The second-order valence-corrected chi connectivity index (χ2v) is 3.59. The Bertz CT molecular complexity index is 247. The van der Waals surface area contributed by atoms with Gasteiger partial charge in [0.15, 0.2) is 11.0 Å². The summed E-state index contributed by atoms with van der Waals surface area (Å²) in [6, 6.07) is 0. The van der Waals surface area contributed by atoms with Gasteiger partial charge in [-0.15, -0.1) is 0 Å². The molecule has 0 saturated heterocycles. The van der Waals surface area contributed by atoms with Crippen LogP contribution in [0.25, 0.3) is 0 Å². The van der Waals surface area contributed by atoms with E-state index in [0.717, 1.165) is 16.4 Å². The minimum atomic E-state index is -0.397. The fraction of sp³-hybridized carbons (Fsp3) is 0.286. The van der Waals surface area contributed by atoms with Crippen molar-refractivity contribution in [3.05, 3.63) is 23.7 Å². The second-order valence-electron chi connectivity index (χ2n) is 2.31. The molecule has 0 aliphatic carbocycles. The zero-order chi connectivity index (χ0) is 7.14. The minimum Gasteiger partial charge on any atom is -0.404 e. The van der Waals surface area contributed by atoms with Gasteiger partial charge in [0.2, 0.25) is 0 Å². The highest BCUT2D eigenvalue weighted by Crippen LogP contribution is 2.36. The van der Waals surface area contributed by atoms with Gasteiger partial charge in [-0.25, -0.2) is 0 Å². The van der Waals surface area contributed by atoms with Crippen LogP contribution in [-0.2, 0) is 8.37 Å². The molecule has 0 fully saturated rings. The Morgan fingerprint density at radius 3 is 2.00 bits per heavy atom. The summed E-state index contributed by atoms with van der Waals surface area (Å²) in [6.07, 6.45) is 4.03. The van der Waals surface area contributed by atoms with Crippen molar-refractivity contribution in [2.24, 2.45) is 0 Å². The number of hydrogen-bond donors (Lipinski definition) is 0. The maximum Gasteiger partial charge on any atom is 0.191 e. The fourth-order valence-electron chi connectivity index (χ4n) is 0.939. The van der Waals surface area contributed by atoms with Crippen LogP contribution in [0.15, 0.2) is 23.7 Å². The minimum absolute atomic E-state index is 0.397. The van der Waals surface area contributed by atoms with Gasteiger partial charge in [0.25, 0.3) is 0 Å². The standard InChI is InChI=1S/C7H8O2S/c1-5-3-7-4-6(2)9-10(7)8-5/h3-4H,1-2H3. The molecule has 0 amide bonds. The number of hydrogen-bond acceptors (Lipinski definition) is 2. The summed E-state index contributed by atoms with van der Waals surface area (Å²) in [5.74, 6) is 1.89. The van der Waals surface area contributed by atoms with Crippen molar-refractivity contribution in [2.45, 2.75) is 13.8 Å². The molecule has 0 saturated carbocycles. The second kappa shape index (κ2) is 1.89. The van der Waals surface area contributed by atoms with E-state index in [4.69, 9.17) is 8.37 Å². The highest BCUT2D eigenvalue weighted by Gasteiger charge is 2.19. The molecule has 54 valence electrons. The monoisotopic (exact) mass is 156 g/mol. The summed E-state index contributed by atoms with van der Waals surface area (Å²) in [6.45, 7) is 3.87. The Hall–Kier alpha value is -0.700. The predicted molar refractivity (Wildman–Crippen MR) is 42.3 cm³/mol. The summed E-state index contributed by atoms with van der Waals surface area (Å²) < 4.78 is 10.7. The van der Waals surface area contributed by atoms with Crippen molar-refractivity contribution < 1.29 is 8.37 Å². The summed E-state index contributed by atoms with van der Waals surface area (Å²) in [7, 11) is 0. The van der Waals surface area contributed by atoms with Crippen LogP contribution >= 0.6 is 11.0 Å². The molecule has 2 aliphatic rings. The smallest absolute Gasteiger partial charge is 0.191 e. The van der Waals surface area contributed by atoms with Gasteiger partial charge in [-0.1, -0.05) is 0 Å². The molecular formula is C7H8O2S. The summed E-state index contributed by atoms with van der Waals surface area (Å²) in [4.78, 5) is 1.16. The summed E-state index contributed by atoms with van der Waals surface area (Å²) in [5, 5.41) is 0. The normalized spacial score (nSPS) is 23.2. The molecule has 0 aromatic carbocycles. The number of rotatable bonds is 0. The van der Waals surface area contributed by atoms with Gasteiger partial charge in [-0.05, 0) is 26.0 Å². The molecule has 2 nitrogen and oxygen atoms in total. The van der Waals surface area contributed by atoms with Gasteiger partial charge in [0, 0.05) is 0 Å². The van der Waals surface area contributed by atoms with Crippen molar-refractivity contribution in [3.63, 3.8) is 0 Å². The van der Waals surface area contributed by atoms with Crippen LogP contribution in [0.5, 0.6) is 0 Å². The van der Waals surface area contributed by atoms with Gasteiger partial charge >= 0.3 is 0 Å². The molecule has 0 N–H and O–H groups in total. The van der Waals surface area contributed by atoms with E-state index in [9.17, 15) is 0 Å². The molecule has 0 unspecified atom stereocenters.